The molecule has 3 heterocycles. The van der Waals surface area contributed by atoms with E-state index in [2.05, 4.69) is 24.6 Å². The molecule has 1 saturated heterocycles. The summed E-state index contributed by atoms with van der Waals surface area (Å²) in [6.07, 6.45) is 6.58. The monoisotopic (exact) mass is 466 g/mol. The Labute approximate surface area is 185 Å². The Bertz CT molecular complexity index is 1050. The molecule has 1 saturated carbocycles. The number of rotatable bonds is 9. The summed E-state index contributed by atoms with van der Waals surface area (Å²) < 4.78 is 33.9. The number of ether oxygens (including phenoxy) is 1. The van der Waals surface area contributed by atoms with Crippen LogP contribution in [-0.4, -0.2) is 70.5 Å². The predicted octanol–water partition coefficient (Wildman–Crippen LogP) is -0.145. The van der Waals surface area contributed by atoms with Gasteiger partial charge in [-0.3, -0.25) is 13.7 Å². The highest BCUT2D eigenvalue weighted by molar-refractivity contribution is 7.84. The SMILES string of the molecule is NS(=O)(=O)OC[C@H]1C[C@@H](Nc2ncncc2C(=O)c2ccn(C[C@@H]3CCCO3)n2)C[C@@H]1O. The summed E-state index contributed by atoms with van der Waals surface area (Å²) in [5, 5.41) is 22.6. The molecular formula is C19H26N6O6S. The van der Waals surface area contributed by atoms with Crippen molar-refractivity contribution in [3.63, 3.8) is 0 Å². The largest absolute Gasteiger partial charge is 0.393 e. The maximum atomic E-state index is 13.1. The molecule has 2 aliphatic rings. The maximum Gasteiger partial charge on any atom is 0.333 e. The summed E-state index contributed by atoms with van der Waals surface area (Å²) in [6, 6.07) is 1.41. The molecule has 0 aromatic carbocycles. The minimum atomic E-state index is -4.08. The first kappa shape index (κ1) is 22.7. The van der Waals surface area contributed by atoms with Gasteiger partial charge in [-0.25, -0.2) is 15.1 Å². The Morgan fingerprint density at radius 2 is 2.25 bits per heavy atom. The Balaban J connectivity index is 1.42. The van der Waals surface area contributed by atoms with Crippen LogP contribution in [0.2, 0.25) is 0 Å². The van der Waals surface area contributed by atoms with Crippen molar-refractivity contribution in [3.05, 3.63) is 36.0 Å². The maximum absolute atomic E-state index is 13.1. The van der Waals surface area contributed by atoms with Crippen molar-refractivity contribution in [3.8, 4) is 0 Å². The summed E-state index contributed by atoms with van der Waals surface area (Å²) in [5.74, 6) is -0.420. The predicted molar refractivity (Wildman–Crippen MR) is 112 cm³/mol. The molecule has 4 N–H and O–H groups in total. The zero-order valence-corrected chi connectivity index (χ0v) is 18.1. The highest BCUT2D eigenvalue weighted by Gasteiger charge is 2.35. The van der Waals surface area contributed by atoms with Crippen LogP contribution < -0.4 is 10.5 Å². The van der Waals surface area contributed by atoms with E-state index in [1.54, 1.807) is 16.9 Å². The van der Waals surface area contributed by atoms with E-state index in [1.807, 2.05) is 0 Å². The molecule has 12 nitrogen and oxygen atoms in total. The lowest BCUT2D eigenvalue weighted by molar-refractivity contribution is 0.0932. The Kier molecular flexibility index (Phi) is 6.81. The van der Waals surface area contributed by atoms with Gasteiger partial charge >= 0.3 is 10.3 Å². The Morgan fingerprint density at radius 3 is 3.00 bits per heavy atom. The lowest BCUT2D eigenvalue weighted by atomic mass is 10.1. The van der Waals surface area contributed by atoms with Crippen molar-refractivity contribution < 1.29 is 27.2 Å². The van der Waals surface area contributed by atoms with Crippen LogP contribution in [-0.2, 0) is 25.8 Å². The summed E-state index contributed by atoms with van der Waals surface area (Å²) in [7, 11) is -4.08. The molecule has 0 unspecified atom stereocenters. The second-order valence-electron chi connectivity index (χ2n) is 8.09. The van der Waals surface area contributed by atoms with Crippen LogP contribution in [0.15, 0.2) is 24.8 Å². The van der Waals surface area contributed by atoms with E-state index in [4.69, 9.17) is 9.88 Å². The van der Waals surface area contributed by atoms with Gasteiger partial charge in [-0.2, -0.15) is 13.5 Å². The molecule has 2 fully saturated rings. The van der Waals surface area contributed by atoms with Crippen molar-refractivity contribution in [1.29, 1.82) is 0 Å². The average Bonchev–Trinajstić information content (AvgIpc) is 3.48. The van der Waals surface area contributed by atoms with Crippen LogP contribution in [0.5, 0.6) is 0 Å². The first-order valence-corrected chi connectivity index (χ1v) is 11.9. The van der Waals surface area contributed by atoms with Crippen molar-refractivity contribution in [2.45, 2.75) is 50.5 Å². The number of carbonyl (C=O) groups is 1. The number of aliphatic hydroxyl groups excluding tert-OH is 1. The topological polar surface area (TPSA) is 172 Å². The second kappa shape index (κ2) is 9.58. The molecule has 13 heteroatoms. The number of carbonyl (C=O) groups excluding carboxylic acids is 1. The summed E-state index contributed by atoms with van der Waals surface area (Å²) >= 11 is 0. The van der Waals surface area contributed by atoms with E-state index < -0.39 is 22.3 Å². The zero-order chi connectivity index (χ0) is 22.7. The van der Waals surface area contributed by atoms with Gasteiger partial charge in [0.15, 0.2) is 0 Å². The fourth-order valence-electron chi connectivity index (χ4n) is 4.11. The Hall–Kier alpha value is -2.45. The van der Waals surface area contributed by atoms with Gasteiger partial charge in [-0.05, 0) is 31.7 Å². The van der Waals surface area contributed by atoms with Crippen LogP contribution in [0.1, 0.15) is 41.7 Å². The van der Waals surface area contributed by atoms with Crippen molar-refractivity contribution in [2.75, 3.05) is 18.5 Å². The summed E-state index contributed by atoms with van der Waals surface area (Å²) in [6.45, 7) is 1.13. The zero-order valence-electron chi connectivity index (χ0n) is 17.3. The first-order valence-electron chi connectivity index (χ1n) is 10.4. The van der Waals surface area contributed by atoms with Crippen LogP contribution in [0, 0.1) is 5.92 Å². The number of nitrogens with one attached hydrogen (secondary N) is 1. The number of nitrogens with two attached hydrogens (primary N) is 1. The van der Waals surface area contributed by atoms with Gasteiger partial charge in [0.1, 0.15) is 17.8 Å². The molecule has 32 heavy (non-hydrogen) atoms. The third kappa shape index (κ3) is 5.66. The van der Waals surface area contributed by atoms with E-state index in [0.717, 1.165) is 19.4 Å². The van der Waals surface area contributed by atoms with Gasteiger partial charge in [0.25, 0.3) is 0 Å². The smallest absolute Gasteiger partial charge is 0.333 e. The molecule has 1 aliphatic carbocycles. The van der Waals surface area contributed by atoms with Crippen LogP contribution in [0.4, 0.5) is 5.82 Å². The molecule has 2 aromatic heterocycles. The molecule has 2 aromatic rings. The van der Waals surface area contributed by atoms with Crippen molar-refractivity contribution >= 4 is 21.9 Å². The molecule has 0 bridgehead atoms. The van der Waals surface area contributed by atoms with Crippen molar-refractivity contribution in [1.82, 2.24) is 19.7 Å². The number of ketones is 1. The van der Waals surface area contributed by atoms with Gasteiger partial charge in [-0.15, -0.1) is 0 Å². The first-order chi connectivity index (χ1) is 15.3. The number of aliphatic hydroxyl groups is 1. The van der Waals surface area contributed by atoms with Gasteiger partial charge in [0.05, 0.1) is 30.9 Å². The lowest BCUT2D eigenvalue weighted by Gasteiger charge is -2.15. The third-order valence-corrected chi connectivity index (χ3v) is 6.15. The quantitative estimate of drug-likeness (QED) is 0.422. The lowest BCUT2D eigenvalue weighted by Crippen LogP contribution is -2.24. The molecule has 0 spiro atoms. The number of aromatic nitrogens is 4. The van der Waals surface area contributed by atoms with E-state index in [-0.39, 0.29) is 35.8 Å². The fourth-order valence-corrected chi connectivity index (χ4v) is 4.47. The number of hydrogen-bond acceptors (Lipinski definition) is 10. The second-order valence-corrected chi connectivity index (χ2v) is 9.31. The van der Waals surface area contributed by atoms with Gasteiger partial charge < -0.3 is 15.2 Å². The number of anilines is 1. The third-order valence-electron chi connectivity index (χ3n) is 5.69. The molecule has 0 radical (unpaired) electrons. The highest BCUT2D eigenvalue weighted by Crippen LogP contribution is 2.30. The van der Waals surface area contributed by atoms with Crippen LogP contribution in [0.3, 0.4) is 0 Å². The Morgan fingerprint density at radius 1 is 1.41 bits per heavy atom. The number of nitrogens with zero attached hydrogens (tertiary/aromatic N) is 4. The summed E-state index contributed by atoms with van der Waals surface area (Å²) in [5.41, 5.74) is 0.528. The minimum Gasteiger partial charge on any atom is -0.393 e. The van der Waals surface area contributed by atoms with E-state index in [9.17, 15) is 18.3 Å². The minimum absolute atomic E-state index is 0.107. The van der Waals surface area contributed by atoms with Crippen LogP contribution in [0.25, 0.3) is 0 Å². The van der Waals surface area contributed by atoms with Gasteiger partial charge in [-0.1, -0.05) is 0 Å². The van der Waals surface area contributed by atoms with Crippen LogP contribution >= 0.6 is 0 Å². The molecular weight excluding hydrogens is 440 g/mol. The summed E-state index contributed by atoms with van der Waals surface area (Å²) in [4.78, 5) is 21.2. The van der Waals surface area contributed by atoms with E-state index in [1.165, 1.54) is 12.5 Å². The van der Waals surface area contributed by atoms with Gasteiger partial charge in [0.2, 0.25) is 5.78 Å². The normalized spacial score (nSPS) is 25.8. The molecule has 0 amide bonds. The highest BCUT2D eigenvalue weighted by atomic mass is 32.2. The van der Waals surface area contributed by atoms with E-state index >= 15 is 0 Å². The molecule has 174 valence electrons. The van der Waals surface area contributed by atoms with E-state index in [0.29, 0.717) is 25.2 Å². The van der Waals surface area contributed by atoms with Crippen molar-refractivity contribution in [2.24, 2.45) is 11.1 Å². The fraction of sp³-hybridized carbons (Fsp3) is 0.579. The molecule has 4 atom stereocenters. The van der Waals surface area contributed by atoms with Gasteiger partial charge in [0, 0.05) is 31.0 Å². The molecule has 1 aliphatic heterocycles. The number of hydrogen-bond donors (Lipinski definition) is 3. The standard InChI is InChI=1S/C19H26N6O6S/c20-32(28,29)31-10-12-6-13(7-17(12)26)23-19-15(8-21-11-22-19)18(27)16-3-4-25(24-16)9-14-2-1-5-30-14/h3-4,8,11-14,17,26H,1-2,5-7,9-10H2,(H2,20,28,29)(H,21,22,23)/t12-,13-,14+,17+/m1/s1. The molecule has 4 rings (SSSR count). The average molecular weight is 467 g/mol.